The first-order chi connectivity index (χ1) is 11.6. The molecular formula is C15H17ClN6O2. The Labute approximate surface area is 142 Å². The van der Waals surface area contributed by atoms with Crippen LogP contribution in [0.25, 0.3) is 16.9 Å². The van der Waals surface area contributed by atoms with Crippen molar-refractivity contribution in [1.29, 1.82) is 0 Å². The number of pyridine rings is 1. The van der Waals surface area contributed by atoms with Gasteiger partial charge in [0.05, 0.1) is 18.5 Å². The van der Waals surface area contributed by atoms with Gasteiger partial charge in [-0.25, -0.2) is 14.3 Å². The third kappa shape index (κ3) is 3.05. The normalized spacial score (nSPS) is 11.0. The molecule has 0 aliphatic carbocycles. The summed E-state index contributed by atoms with van der Waals surface area (Å²) in [6.45, 7) is 2.59. The number of hydrogen-bond acceptors (Lipinski definition) is 6. The van der Waals surface area contributed by atoms with Crippen LogP contribution in [0.2, 0.25) is 5.15 Å². The molecule has 0 aromatic carbocycles. The lowest BCUT2D eigenvalue weighted by Crippen LogP contribution is -2.15. The number of rotatable bonds is 6. The first-order valence-corrected chi connectivity index (χ1v) is 7.97. The van der Waals surface area contributed by atoms with Crippen molar-refractivity contribution in [1.82, 2.24) is 24.5 Å². The number of H-pyrrole nitrogens is 1. The van der Waals surface area contributed by atoms with Gasteiger partial charge < -0.3 is 15.0 Å². The van der Waals surface area contributed by atoms with Crippen LogP contribution in [0, 0.1) is 0 Å². The first kappa shape index (κ1) is 16.3. The van der Waals surface area contributed by atoms with Crippen LogP contribution in [0.3, 0.4) is 0 Å². The van der Waals surface area contributed by atoms with Crippen molar-refractivity contribution in [3.63, 3.8) is 0 Å². The second-order valence-corrected chi connectivity index (χ2v) is 5.50. The number of hydrogen-bond donors (Lipinski definition) is 2. The summed E-state index contributed by atoms with van der Waals surface area (Å²) in [5.41, 5.74) is 1.12. The molecule has 3 heterocycles. The van der Waals surface area contributed by atoms with E-state index in [2.05, 4.69) is 32.2 Å². The predicted octanol–water partition coefficient (Wildman–Crippen LogP) is 2.38. The lowest BCUT2D eigenvalue weighted by atomic mass is 10.4. The monoisotopic (exact) mass is 348 g/mol. The highest BCUT2D eigenvalue weighted by molar-refractivity contribution is 6.29. The van der Waals surface area contributed by atoms with E-state index in [1.165, 1.54) is 10.8 Å². The van der Waals surface area contributed by atoms with Crippen LogP contribution >= 0.6 is 11.6 Å². The Bertz CT molecular complexity index is 903. The van der Waals surface area contributed by atoms with Crippen molar-refractivity contribution < 1.29 is 4.74 Å². The van der Waals surface area contributed by atoms with E-state index in [9.17, 15) is 4.79 Å². The molecule has 8 nitrogen and oxygen atoms in total. The van der Waals surface area contributed by atoms with Gasteiger partial charge in [0.2, 0.25) is 0 Å². The smallest absolute Gasteiger partial charge is 0.332 e. The van der Waals surface area contributed by atoms with E-state index in [-0.39, 0.29) is 11.7 Å². The van der Waals surface area contributed by atoms with E-state index in [0.717, 1.165) is 12.8 Å². The Morgan fingerprint density at radius 2 is 2.21 bits per heavy atom. The number of imidazole rings is 1. The minimum absolute atomic E-state index is 0.218. The van der Waals surface area contributed by atoms with Crippen LogP contribution in [0.15, 0.2) is 23.1 Å². The maximum atomic E-state index is 12.4. The van der Waals surface area contributed by atoms with Crippen molar-refractivity contribution >= 4 is 28.6 Å². The minimum Gasteiger partial charge on any atom is -0.463 e. The number of anilines is 1. The molecule has 0 aliphatic rings. The summed E-state index contributed by atoms with van der Waals surface area (Å²) >= 11 is 5.81. The summed E-state index contributed by atoms with van der Waals surface area (Å²) in [5, 5.41) is 3.30. The predicted molar refractivity (Wildman–Crippen MR) is 92.2 cm³/mol. The number of nitrogens with one attached hydrogen (secondary N) is 2. The molecule has 3 aromatic heterocycles. The average molecular weight is 349 g/mol. The van der Waals surface area contributed by atoms with Gasteiger partial charge in [0.15, 0.2) is 11.5 Å². The van der Waals surface area contributed by atoms with Gasteiger partial charge in [0.1, 0.15) is 10.7 Å². The molecule has 0 aliphatic heterocycles. The molecule has 3 rings (SSSR count). The molecule has 0 atom stereocenters. The standard InChI is InChI=1S/C15H17ClN6O2/c1-3-4-7-24-14-20-12(17-2)11-13(21-14)22(15(23)19-11)9-5-6-10(16)18-8-9/h5-6,8H,3-4,7H2,1-2H3,(H,19,23)(H,17,20,21). The molecule has 0 unspecified atom stereocenters. The summed E-state index contributed by atoms with van der Waals surface area (Å²) in [6.07, 6.45) is 3.42. The van der Waals surface area contributed by atoms with Crippen molar-refractivity contribution in [2.45, 2.75) is 19.8 Å². The van der Waals surface area contributed by atoms with Gasteiger partial charge in [-0.05, 0) is 18.6 Å². The molecule has 0 amide bonds. The second-order valence-electron chi connectivity index (χ2n) is 5.11. The topological polar surface area (TPSA) is 97.7 Å². The van der Waals surface area contributed by atoms with Crippen LogP contribution in [0.4, 0.5) is 5.82 Å². The zero-order chi connectivity index (χ0) is 17.1. The highest BCUT2D eigenvalue weighted by atomic mass is 35.5. The zero-order valence-corrected chi connectivity index (χ0v) is 14.1. The van der Waals surface area contributed by atoms with Gasteiger partial charge in [-0.3, -0.25) is 0 Å². The van der Waals surface area contributed by atoms with Crippen LogP contribution < -0.4 is 15.7 Å². The molecule has 0 radical (unpaired) electrons. The van der Waals surface area contributed by atoms with Gasteiger partial charge in [-0.1, -0.05) is 24.9 Å². The van der Waals surface area contributed by atoms with E-state index in [1.807, 2.05) is 0 Å². The van der Waals surface area contributed by atoms with Gasteiger partial charge in [-0.15, -0.1) is 0 Å². The Kier molecular flexibility index (Phi) is 4.66. The summed E-state index contributed by atoms with van der Waals surface area (Å²) in [5.74, 6) is 0.490. The van der Waals surface area contributed by atoms with E-state index < -0.39 is 0 Å². The Morgan fingerprint density at radius 3 is 2.88 bits per heavy atom. The van der Waals surface area contributed by atoms with Crippen LogP contribution in [-0.4, -0.2) is 38.2 Å². The quantitative estimate of drug-likeness (QED) is 0.524. The fraction of sp³-hybridized carbons (Fsp3) is 0.333. The van der Waals surface area contributed by atoms with Crippen LogP contribution in [0.5, 0.6) is 6.01 Å². The molecule has 0 fully saturated rings. The molecule has 2 N–H and O–H groups in total. The van der Waals surface area contributed by atoms with Gasteiger partial charge in [0, 0.05) is 7.05 Å². The summed E-state index contributed by atoms with van der Waals surface area (Å²) in [4.78, 5) is 27.8. The van der Waals surface area contributed by atoms with Gasteiger partial charge in [-0.2, -0.15) is 9.97 Å². The number of aromatic amines is 1. The molecular weight excluding hydrogens is 332 g/mol. The number of nitrogens with zero attached hydrogens (tertiary/aromatic N) is 4. The fourth-order valence-electron chi connectivity index (χ4n) is 2.26. The number of halogens is 1. The molecule has 3 aromatic rings. The van der Waals surface area contributed by atoms with Gasteiger partial charge in [0.25, 0.3) is 0 Å². The van der Waals surface area contributed by atoms with Crippen LogP contribution in [-0.2, 0) is 0 Å². The molecule has 0 bridgehead atoms. The van der Waals surface area contributed by atoms with Gasteiger partial charge >= 0.3 is 11.7 Å². The largest absolute Gasteiger partial charge is 0.463 e. The van der Waals surface area contributed by atoms with Crippen molar-refractivity contribution in [2.24, 2.45) is 0 Å². The lowest BCUT2D eigenvalue weighted by molar-refractivity contribution is 0.286. The molecule has 126 valence electrons. The minimum atomic E-state index is -0.342. The zero-order valence-electron chi connectivity index (χ0n) is 13.3. The molecule has 9 heteroatoms. The third-order valence-corrected chi connectivity index (χ3v) is 3.68. The maximum Gasteiger partial charge on any atom is 0.332 e. The first-order valence-electron chi connectivity index (χ1n) is 7.59. The highest BCUT2D eigenvalue weighted by Gasteiger charge is 2.17. The van der Waals surface area contributed by atoms with Crippen molar-refractivity contribution in [2.75, 3.05) is 19.0 Å². The maximum absolute atomic E-state index is 12.4. The van der Waals surface area contributed by atoms with E-state index in [4.69, 9.17) is 16.3 Å². The number of unbranched alkanes of at least 4 members (excludes halogenated alkanes) is 1. The summed E-state index contributed by atoms with van der Waals surface area (Å²) < 4.78 is 7.00. The molecule has 0 saturated carbocycles. The molecule has 0 saturated heterocycles. The highest BCUT2D eigenvalue weighted by Crippen LogP contribution is 2.22. The summed E-state index contributed by atoms with van der Waals surface area (Å²) in [7, 11) is 1.72. The second kappa shape index (κ2) is 6.88. The Balaban J connectivity index is 2.15. The summed E-state index contributed by atoms with van der Waals surface area (Å²) in [6, 6.07) is 3.53. The Hall–Kier alpha value is -2.61. The van der Waals surface area contributed by atoms with E-state index >= 15 is 0 Å². The van der Waals surface area contributed by atoms with Crippen LogP contribution in [0.1, 0.15) is 19.8 Å². The van der Waals surface area contributed by atoms with Crippen molar-refractivity contribution in [3.8, 4) is 11.7 Å². The van der Waals surface area contributed by atoms with E-state index in [1.54, 1.807) is 19.2 Å². The lowest BCUT2D eigenvalue weighted by Gasteiger charge is -2.08. The van der Waals surface area contributed by atoms with E-state index in [0.29, 0.717) is 34.4 Å². The Morgan fingerprint density at radius 1 is 1.38 bits per heavy atom. The molecule has 24 heavy (non-hydrogen) atoms. The average Bonchev–Trinajstić information content (AvgIpc) is 2.91. The molecule has 0 spiro atoms. The number of fused-ring (bicyclic) bond motifs is 1. The fourth-order valence-corrected chi connectivity index (χ4v) is 2.37. The number of ether oxygens (including phenoxy) is 1. The SMILES string of the molecule is CCCCOc1nc(NC)c2[nH]c(=O)n(-c3ccc(Cl)nc3)c2n1. The van der Waals surface area contributed by atoms with Crippen molar-refractivity contribution in [3.05, 3.63) is 34.0 Å². The number of aromatic nitrogens is 5. The third-order valence-electron chi connectivity index (χ3n) is 3.45.